The van der Waals surface area contributed by atoms with Gasteiger partial charge in [0.1, 0.15) is 5.83 Å². The quantitative estimate of drug-likeness (QED) is 0.546. The molecule has 0 aromatic carbocycles. The van der Waals surface area contributed by atoms with E-state index in [9.17, 15) is 4.39 Å². The fourth-order valence-corrected chi connectivity index (χ4v) is 0.804. The SMILES string of the molecule is CC1=CCC=CC(F)=C1N. The zero-order chi connectivity index (χ0) is 7.56. The van der Waals surface area contributed by atoms with Crippen molar-refractivity contribution in [2.45, 2.75) is 13.3 Å². The van der Waals surface area contributed by atoms with Crippen LogP contribution in [0.25, 0.3) is 0 Å². The van der Waals surface area contributed by atoms with Gasteiger partial charge >= 0.3 is 0 Å². The first kappa shape index (κ1) is 7.06. The number of rotatable bonds is 0. The molecule has 0 aliphatic heterocycles. The van der Waals surface area contributed by atoms with E-state index in [1.165, 1.54) is 6.08 Å². The molecule has 1 nitrogen and oxygen atoms in total. The maximum Gasteiger partial charge on any atom is 0.146 e. The summed E-state index contributed by atoms with van der Waals surface area (Å²) in [5, 5.41) is 0. The Morgan fingerprint density at radius 3 is 3.00 bits per heavy atom. The van der Waals surface area contributed by atoms with Crippen LogP contribution in [0.5, 0.6) is 0 Å². The average Bonchev–Trinajstić information content (AvgIpc) is 2.04. The van der Waals surface area contributed by atoms with Crippen molar-refractivity contribution in [3.8, 4) is 0 Å². The van der Waals surface area contributed by atoms with Crippen molar-refractivity contribution in [2.24, 2.45) is 5.73 Å². The van der Waals surface area contributed by atoms with E-state index in [1.54, 1.807) is 6.08 Å². The predicted octanol–water partition coefficient (Wildman–Crippen LogP) is 2.03. The zero-order valence-electron chi connectivity index (χ0n) is 5.89. The largest absolute Gasteiger partial charge is 0.396 e. The molecule has 0 radical (unpaired) electrons. The molecule has 0 saturated carbocycles. The minimum Gasteiger partial charge on any atom is -0.396 e. The normalized spacial score (nSPS) is 18.8. The fraction of sp³-hybridized carbons (Fsp3) is 0.250. The summed E-state index contributed by atoms with van der Waals surface area (Å²) in [5.74, 6) is -0.328. The molecule has 0 amide bonds. The fourth-order valence-electron chi connectivity index (χ4n) is 0.804. The first-order valence-electron chi connectivity index (χ1n) is 3.20. The molecule has 0 atom stereocenters. The summed E-state index contributed by atoms with van der Waals surface area (Å²) >= 11 is 0. The van der Waals surface area contributed by atoms with Crippen molar-refractivity contribution >= 4 is 0 Å². The lowest BCUT2D eigenvalue weighted by molar-refractivity contribution is 0.654. The van der Waals surface area contributed by atoms with Crippen molar-refractivity contribution in [3.05, 3.63) is 35.3 Å². The third-order valence-corrected chi connectivity index (χ3v) is 1.51. The Hall–Kier alpha value is -1.05. The Kier molecular flexibility index (Phi) is 1.90. The van der Waals surface area contributed by atoms with Gasteiger partial charge in [0.15, 0.2) is 0 Å². The van der Waals surface area contributed by atoms with Crippen molar-refractivity contribution in [2.75, 3.05) is 0 Å². The summed E-state index contributed by atoms with van der Waals surface area (Å²) in [6.07, 6.45) is 5.82. The molecule has 2 heteroatoms. The average molecular weight is 139 g/mol. The molecule has 10 heavy (non-hydrogen) atoms. The molecule has 1 aliphatic rings. The van der Waals surface area contributed by atoms with Gasteiger partial charge < -0.3 is 5.73 Å². The lowest BCUT2D eigenvalue weighted by atomic mass is 10.2. The first-order chi connectivity index (χ1) is 4.72. The summed E-state index contributed by atoms with van der Waals surface area (Å²) in [6.45, 7) is 1.81. The third kappa shape index (κ3) is 1.26. The van der Waals surface area contributed by atoms with Crippen LogP contribution in [0.3, 0.4) is 0 Å². The van der Waals surface area contributed by atoms with Crippen LogP contribution in [0, 0.1) is 0 Å². The Bertz CT molecular complexity index is 223. The molecule has 0 aromatic rings. The topological polar surface area (TPSA) is 26.0 Å². The number of allylic oxidation sites excluding steroid dienone is 5. The second-order valence-corrected chi connectivity index (χ2v) is 2.29. The Morgan fingerprint density at radius 1 is 1.60 bits per heavy atom. The van der Waals surface area contributed by atoms with Crippen LogP contribution in [-0.4, -0.2) is 0 Å². The van der Waals surface area contributed by atoms with Crippen molar-refractivity contribution in [1.29, 1.82) is 0 Å². The highest BCUT2D eigenvalue weighted by Crippen LogP contribution is 2.15. The van der Waals surface area contributed by atoms with Gasteiger partial charge in [-0.3, -0.25) is 0 Å². The van der Waals surface area contributed by atoms with Gasteiger partial charge in [0.2, 0.25) is 0 Å². The van der Waals surface area contributed by atoms with Crippen molar-refractivity contribution in [1.82, 2.24) is 0 Å². The minimum absolute atomic E-state index is 0.258. The van der Waals surface area contributed by atoms with Gasteiger partial charge in [-0.25, -0.2) is 4.39 Å². The monoisotopic (exact) mass is 139 g/mol. The summed E-state index contributed by atoms with van der Waals surface area (Å²) in [7, 11) is 0. The van der Waals surface area contributed by atoms with Gasteiger partial charge in [-0.2, -0.15) is 0 Å². The van der Waals surface area contributed by atoms with Gasteiger partial charge in [-0.05, 0) is 25.0 Å². The highest BCUT2D eigenvalue weighted by atomic mass is 19.1. The van der Waals surface area contributed by atoms with E-state index < -0.39 is 0 Å². The molecular formula is C8H10FN. The van der Waals surface area contributed by atoms with E-state index in [4.69, 9.17) is 5.73 Å². The minimum atomic E-state index is -0.328. The molecule has 2 N–H and O–H groups in total. The van der Waals surface area contributed by atoms with E-state index in [-0.39, 0.29) is 11.5 Å². The van der Waals surface area contributed by atoms with Crippen LogP contribution in [0.1, 0.15) is 13.3 Å². The Balaban J connectivity index is 3.02. The highest BCUT2D eigenvalue weighted by Gasteiger charge is 2.02. The second-order valence-electron chi connectivity index (χ2n) is 2.29. The smallest absolute Gasteiger partial charge is 0.146 e. The summed E-state index contributed by atoms with van der Waals surface area (Å²) in [6, 6.07) is 0. The Morgan fingerprint density at radius 2 is 2.30 bits per heavy atom. The van der Waals surface area contributed by atoms with Crippen LogP contribution >= 0.6 is 0 Å². The highest BCUT2D eigenvalue weighted by molar-refractivity contribution is 5.35. The molecule has 1 aliphatic carbocycles. The second kappa shape index (κ2) is 2.69. The van der Waals surface area contributed by atoms with Gasteiger partial charge in [0.05, 0.1) is 5.70 Å². The first-order valence-corrected chi connectivity index (χ1v) is 3.20. The van der Waals surface area contributed by atoms with Crippen LogP contribution in [-0.2, 0) is 0 Å². The number of nitrogens with two attached hydrogens (primary N) is 1. The van der Waals surface area contributed by atoms with Gasteiger partial charge in [-0.15, -0.1) is 0 Å². The van der Waals surface area contributed by atoms with E-state index in [1.807, 2.05) is 13.0 Å². The molecule has 0 heterocycles. The van der Waals surface area contributed by atoms with Crippen molar-refractivity contribution in [3.63, 3.8) is 0 Å². The third-order valence-electron chi connectivity index (χ3n) is 1.51. The summed E-state index contributed by atoms with van der Waals surface area (Å²) < 4.78 is 12.7. The molecule has 1 rings (SSSR count). The van der Waals surface area contributed by atoms with Gasteiger partial charge in [0.25, 0.3) is 0 Å². The van der Waals surface area contributed by atoms with Crippen LogP contribution in [0.4, 0.5) is 4.39 Å². The molecule has 54 valence electrons. The van der Waals surface area contributed by atoms with Crippen LogP contribution < -0.4 is 5.73 Å². The van der Waals surface area contributed by atoms with Crippen molar-refractivity contribution < 1.29 is 4.39 Å². The zero-order valence-corrected chi connectivity index (χ0v) is 5.89. The van der Waals surface area contributed by atoms with E-state index in [2.05, 4.69) is 0 Å². The maximum atomic E-state index is 12.7. The van der Waals surface area contributed by atoms with E-state index in [0.717, 1.165) is 12.0 Å². The standard InChI is InChI=1S/C8H10FN/c1-6-4-2-3-5-7(9)8(6)10/h3-5H,2,10H2,1H3. The molecule has 0 unspecified atom stereocenters. The lowest BCUT2D eigenvalue weighted by Crippen LogP contribution is -1.99. The maximum absolute atomic E-state index is 12.7. The summed E-state index contributed by atoms with van der Waals surface area (Å²) in [5.41, 5.74) is 6.49. The van der Waals surface area contributed by atoms with E-state index >= 15 is 0 Å². The molecule has 0 saturated heterocycles. The van der Waals surface area contributed by atoms with Gasteiger partial charge in [0, 0.05) is 0 Å². The Labute approximate surface area is 59.7 Å². The molecule has 0 spiro atoms. The van der Waals surface area contributed by atoms with Crippen LogP contribution in [0.2, 0.25) is 0 Å². The molecular weight excluding hydrogens is 129 g/mol. The van der Waals surface area contributed by atoms with E-state index in [0.29, 0.717) is 0 Å². The number of hydrogen-bond donors (Lipinski definition) is 1. The summed E-state index contributed by atoms with van der Waals surface area (Å²) in [4.78, 5) is 0. The van der Waals surface area contributed by atoms with Crippen LogP contribution in [0.15, 0.2) is 35.3 Å². The van der Waals surface area contributed by atoms with Gasteiger partial charge in [-0.1, -0.05) is 12.2 Å². The predicted molar refractivity (Wildman–Crippen MR) is 39.8 cm³/mol. The molecule has 0 bridgehead atoms. The molecule has 0 aromatic heterocycles. The number of halogens is 1. The molecule has 0 fully saturated rings. The number of hydrogen-bond acceptors (Lipinski definition) is 1. The lowest BCUT2D eigenvalue weighted by Gasteiger charge is -1.97.